The van der Waals surface area contributed by atoms with E-state index in [2.05, 4.69) is 5.32 Å². The van der Waals surface area contributed by atoms with Crippen LogP contribution in [0.1, 0.15) is 82.4 Å². The molecule has 12 heteroatoms. The van der Waals surface area contributed by atoms with E-state index < -0.39 is 77.8 Å². The highest BCUT2D eigenvalue weighted by Gasteiger charge is 2.78. The first-order chi connectivity index (χ1) is 25.4. The van der Waals surface area contributed by atoms with Crippen molar-refractivity contribution in [1.29, 1.82) is 0 Å². The summed E-state index contributed by atoms with van der Waals surface area (Å²) in [7, 11) is 0. The standard InChI is InChI=1S/C41H50N2O10/c1-39(2,3)50-32(46)20-19-29(23-44)42-38(48)40-21-31-33-34(52-41(51-33,27-15-16-27)28-17-18-28)36(40)53-43(35(40)37(47)49-31)22-26-11-5-4-9-24(26)12-8-13-25-10-6-7-14-30(25)45/h4-12,14,27-29,31,33-36,44-45H,13,15-23H2,1-3H3,(H,42,48)/t29-,31+,33-,34-,35-,36+,40-/m0/s1. The van der Waals surface area contributed by atoms with Gasteiger partial charge in [-0.25, -0.2) is 0 Å². The van der Waals surface area contributed by atoms with Gasteiger partial charge in [0.25, 0.3) is 0 Å². The molecule has 3 aliphatic carbocycles. The second-order valence-corrected chi connectivity index (χ2v) is 16.6. The van der Waals surface area contributed by atoms with Gasteiger partial charge in [0.1, 0.15) is 41.2 Å². The third kappa shape index (κ3) is 6.77. The Labute approximate surface area is 309 Å². The summed E-state index contributed by atoms with van der Waals surface area (Å²) in [5.74, 6) is -1.51. The minimum Gasteiger partial charge on any atom is -0.508 e. The van der Waals surface area contributed by atoms with Gasteiger partial charge in [-0.05, 0) is 82.1 Å². The number of phenolic OH excluding ortho intramolecular Hbond substituents is 1. The Morgan fingerprint density at radius 2 is 1.70 bits per heavy atom. The second kappa shape index (κ2) is 13.8. The summed E-state index contributed by atoms with van der Waals surface area (Å²) in [6, 6.07) is 13.1. The molecule has 3 saturated heterocycles. The number of carbonyl (C=O) groups excluding carboxylic acids is 3. The van der Waals surface area contributed by atoms with Crippen LogP contribution in [0.2, 0.25) is 0 Å². The van der Waals surface area contributed by atoms with E-state index in [-0.39, 0.29) is 43.4 Å². The maximum absolute atomic E-state index is 14.8. The molecule has 3 heterocycles. The number of esters is 2. The number of aliphatic hydroxyl groups excluding tert-OH is 1. The van der Waals surface area contributed by atoms with E-state index in [0.29, 0.717) is 6.42 Å². The van der Waals surface area contributed by atoms with Crippen molar-refractivity contribution in [2.45, 2.75) is 127 Å². The molecule has 1 amide bonds. The molecule has 12 nitrogen and oxygen atoms in total. The van der Waals surface area contributed by atoms with Gasteiger partial charge in [0.15, 0.2) is 11.8 Å². The van der Waals surface area contributed by atoms with Gasteiger partial charge in [-0.15, -0.1) is 0 Å². The van der Waals surface area contributed by atoms with Crippen molar-refractivity contribution < 1.29 is 48.4 Å². The van der Waals surface area contributed by atoms with Crippen LogP contribution >= 0.6 is 0 Å². The number of hydrogen-bond donors (Lipinski definition) is 3. The van der Waals surface area contributed by atoms with Crippen LogP contribution in [0.4, 0.5) is 0 Å². The van der Waals surface area contributed by atoms with Gasteiger partial charge in [-0.2, -0.15) is 5.06 Å². The Bertz CT molecular complexity index is 1750. The predicted molar refractivity (Wildman–Crippen MR) is 190 cm³/mol. The number of carbonyl (C=O) groups is 3. The smallest absolute Gasteiger partial charge is 0.327 e. The number of aliphatic hydroxyl groups is 1. The molecule has 0 radical (unpaired) electrons. The number of hydrogen-bond acceptors (Lipinski definition) is 11. The van der Waals surface area contributed by atoms with E-state index in [9.17, 15) is 24.6 Å². The van der Waals surface area contributed by atoms with Crippen LogP contribution in [0.25, 0.3) is 6.08 Å². The Morgan fingerprint density at radius 1 is 1.02 bits per heavy atom. The molecule has 3 aliphatic heterocycles. The number of aromatic hydroxyl groups is 1. The van der Waals surface area contributed by atoms with Gasteiger partial charge in [0.2, 0.25) is 5.91 Å². The molecule has 8 rings (SSSR count). The molecule has 0 spiro atoms. The number of amides is 1. The zero-order valence-electron chi connectivity index (χ0n) is 30.6. The number of nitrogens with zero attached hydrogens (tertiary/aromatic N) is 1. The number of fused-ring (bicyclic) bond motifs is 4. The summed E-state index contributed by atoms with van der Waals surface area (Å²) in [4.78, 5) is 48.3. The molecule has 6 aliphatic rings. The van der Waals surface area contributed by atoms with Crippen molar-refractivity contribution in [3.8, 4) is 5.75 Å². The molecule has 284 valence electrons. The molecule has 2 aromatic carbocycles. The van der Waals surface area contributed by atoms with Crippen molar-refractivity contribution in [1.82, 2.24) is 10.4 Å². The number of phenols is 1. The Morgan fingerprint density at radius 3 is 2.38 bits per heavy atom. The molecule has 0 aromatic heterocycles. The molecular formula is C41H50N2O10. The number of nitrogens with one attached hydrogen (secondary N) is 1. The van der Waals surface area contributed by atoms with Gasteiger partial charge >= 0.3 is 11.9 Å². The van der Waals surface area contributed by atoms with Gasteiger partial charge in [-0.3, -0.25) is 19.2 Å². The molecular weight excluding hydrogens is 680 g/mol. The maximum atomic E-state index is 14.8. The van der Waals surface area contributed by atoms with Crippen molar-refractivity contribution >= 4 is 23.9 Å². The lowest BCUT2D eigenvalue weighted by atomic mass is 9.62. The van der Waals surface area contributed by atoms with Crippen LogP contribution in [0.5, 0.6) is 5.75 Å². The number of ether oxygens (including phenoxy) is 4. The summed E-state index contributed by atoms with van der Waals surface area (Å²) < 4.78 is 25.4. The minimum atomic E-state index is -1.41. The molecule has 3 N–H and O–H groups in total. The molecule has 2 aromatic rings. The van der Waals surface area contributed by atoms with E-state index in [4.69, 9.17) is 23.8 Å². The molecule has 0 unspecified atom stereocenters. The van der Waals surface area contributed by atoms with Gasteiger partial charge in [0, 0.05) is 24.7 Å². The second-order valence-electron chi connectivity index (χ2n) is 16.6. The summed E-state index contributed by atoms with van der Waals surface area (Å²) in [5, 5.41) is 25.2. The highest BCUT2D eigenvalue weighted by Crippen LogP contribution is 2.63. The van der Waals surface area contributed by atoms with Crippen LogP contribution in [0.15, 0.2) is 54.6 Å². The van der Waals surface area contributed by atoms with Crippen LogP contribution < -0.4 is 5.32 Å². The van der Waals surface area contributed by atoms with E-state index in [0.717, 1.165) is 42.4 Å². The quantitative estimate of drug-likeness (QED) is 0.252. The molecule has 7 atom stereocenters. The first-order valence-corrected chi connectivity index (χ1v) is 19.1. The van der Waals surface area contributed by atoms with Crippen molar-refractivity contribution in [3.63, 3.8) is 0 Å². The fraction of sp³-hybridized carbons (Fsp3) is 0.585. The lowest BCUT2D eigenvalue weighted by Gasteiger charge is -2.49. The van der Waals surface area contributed by atoms with E-state index in [1.54, 1.807) is 38.0 Å². The third-order valence-corrected chi connectivity index (χ3v) is 11.6. The van der Waals surface area contributed by atoms with Gasteiger partial charge < -0.3 is 34.5 Å². The zero-order valence-corrected chi connectivity index (χ0v) is 30.6. The average Bonchev–Trinajstić information content (AvgIpc) is 4.06. The number of para-hydroxylation sites is 1. The molecule has 53 heavy (non-hydrogen) atoms. The van der Waals surface area contributed by atoms with Crippen LogP contribution in [-0.2, 0) is 51.1 Å². The lowest BCUT2D eigenvalue weighted by Crippen LogP contribution is -2.70. The Balaban J connectivity index is 1.09. The Kier molecular flexibility index (Phi) is 9.42. The van der Waals surface area contributed by atoms with Crippen LogP contribution in [-0.4, -0.2) is 87.6 Å². The van der Waals surface area contributed by atoms with E-state index in [1.807, 2.05) is 48.6 Å². The van der Waals surface area contributed by atoms with Crippen LogP contribution in [0, 0.1) is 17.3 Å². The first kappa shape index (κ1) is 36.2. The van der Waals surface area contributed by atoms with Crippen molar-refractivity contribution in [3.05, 3.63) is 71.3 Å². The molecule has 2 bridgehead atoms. The number of allylic oxidation sites excluding steroid dienone is 1. The monoisotopic (exact) mass is 730 g/mol. The average molecular weight is 731 g/mol. The topological polar surface area (TPSA) is 153 Å². The number of rotatable bonds is 13. The maximum Gasteiger partial charge on any atom is 0.327 e. The first-order valence-electron chi connectivity index (χ1n) is 19.1. The fourth-order valence-corrected chi connectivity index (χ4v) is 8.89. The zero-order chi connectivity index (χ0) is 37.1. The van der Waals surface area contributed by atoms with Crippen molar-refractivity contribution in [2.75, 3.05) is 6.61 Å². The van der Waals surface area contributed by atoms with E-state index >= 15 is 0 Å². The molecule has 6 fully saturated rings. The summed E-state index contributed by atoms with van der Waals surface area (Å²) in [5.41, 5.74) is 0.478. The summed E-state index contributed by atoms with van der Waals surface area (Å²) >= 11 is 0. The van der Waals surface area contributed by atoms with Gasteiger partial charge in [-0.1, -0.05) is 54.6 Å². The lowest BCUT2D eigenvalue weighted by molar-refractivity contribution is -0.235. The van der Waals surface area contributed by atoms with Crippen molar-refractivity contribution in [2.24, 2.45) is 17.3 Å². The predicted octanol–water partition coefficient (Wildman–Crippen LogP) is 4.35. The fourth-order valence-electron chi connectivity index (χ4n) is 8.89. The summed E-state index contributed by atoms with van der Waals surface area (Å²) in [6.45, 7) is 5.12. The molecule has 3 saturated carbocycles. The van der Waals surface area contributed by atoms with Gasteiger partial charge in [0.05, 0.1) is 19.2 Å². The normalized spacial score (nSPS) is 30.9. The number of hydroxylamine groups is 2. The SMILES string of the molecule is CC(C)(C)OC(=O)CC[C@@H](CO)NC(=O)[C@@]12C[C@H]3OC(=O)[C@@H]1N(Cc1ccccc1C=CCc1ccccc1O)O[C@@H]2[C@H]1OC(C2CC2)(C2CC2)O[C@H]13. The van der Waals surface area contributed by atoms with E-state index in [1.165, 1.54) is 0 Å². The highest BCUT2D eigenvalue weighted by molar-refractivity contribution is 5.94. The Hall–Kier alpha value is -3.81. The largest absolute Gasteiger partial charge is 0.508 e. The summed E-state index contributed by atoms with van der Waals surface area (Å²) in [6.07, 6.45) is 5.94. The highest BCUT2D eigenvalue weighted by atomic mass is 16.8. The third-order valence-electron chi connectivity index (χ3n) is 11.6. The number of benzene rings is 2. The van der Waals surface area contributed by atoms with Crippen LogP contribution in [0.3, 0.4) is 0 Å². The minimum absolute atomic E-state index is 0.00291.